The molecule has 12 rings (SSSR count). The Morgan fingerprint density at radius 3 is 2.10 bits per heavy atom. The van der Waals surface area contributed by atoms with Crippen molar-refractivity contribution in [1.29, 1.82) is 0 Å². The predicted molar refractivity (Wildman–Crippen MR) is 451 cm³/mol. The first-order valence-electron chi connectivity index (χ1n) is 39.1. The summed E-state index contributed by atoms with van der Waals surface area (Å²) >= 11 is 1.78. The van der Waals surface area contributed by atoms with Gasteiger partial charge in [-0.25, -0.2) is 24.2 Å². The number of benzene rings is 4. The van der Waals surface area contributed by atoms with E-state index in [0.29, 0.717) is 164 Å². The van der Waals surface area contributed by atoms with Crippen LogP contribution < -0.4 is 47.5 Å². The lowest BCUT2D eigenvalue weighted by atomic mass is 9.85. The molecule has 6 atom stereocenters. The van der Waals surface area contributed by atoms with E-state index in [-0.39, 0.29) is 126 Å². The summed E-state index contributed by atoms with van der Waals surface area (Å²) in [5.41, 5.74) is 3.51. The predicted octanol–water partition coefficient (Wildman–Crippen LogP) is 9.49. The van der Waals surface area contributed by atoms with Crippen LogP contribution in [0.5, 0.6) is 5.75 Å². The molecule has 0 spiro atoms. The third-order valence-corrected chi connectivity index (χ3v) is 27.0. The molecule has 4 aromatic heterocycles. The van der Waals surface area contributed by atoms with Gasteiger partial charge in [0.05, 0.1) is 119 Å². The van der Waals surface area contributed by atoms with E-state index in [0.717, 1.165) is 37.6 Å². The van der Waals surface area contributed by atoms with Crippen molar-refractivity contribution in [2.75, 3.05) is 95.4 Å². The molecule has 2 saturated heterocycles. The number of rotatable bonds is 48. The number of para-hydroxylation sites is 2. The first-order valence-corrected chi connectivity index (χ1v) is 44.6. The lowest BCUT2D eigenvalue weighted by molar-refractivity contribution is -0.189. The number of carbonyl (C=O) groups excluding carboxylic acids is 7. The van der Waals surface area contributed by atoms with Gasteiger partial charge in [0.25, 0.3) is 11.5 Å². The van der Waals surface area contributed by atoms with Gasteiger partial charge < -0.3 is 74.9 Å². The number of esters is 3. The van der Waals surface area contributed by atoms with E-state index in [2.05, 4.69) is 74.4 Å². The van der Waals surface area contributed by atoms with Crippen molar-refractivity contribution in [3.05, 3.63) is 165 Å². The van der Waals surface area contributed by atoms with E-state index in [1.807, 2.05) is 104 Å². The second-order valence-corrected chi connectivity index (χ2v) is 34.6. The number of hydrogen-bond acceptors (Lipinski definition) is 29. The zero-order valence-electron chi connectivity index (χ0n) is 65.3. The summed E-state index contributed by atoms with van der Waals surface area (Å²) in [7, 11) is 6.30. The molecule has 0 bridgehead atoms. The van der Waals surface area contributed by atoms with Gasteiger partial charge in [-0.1, -0.05) is 142 Å². The molecule has 4 aliphatic rings. The number of aromatic nitrogens is 8. The van der Waals surface area contributed by atoms with Crippen LogP contribution in [-0.4, -0.2) is 200 Å². The summed E-state index contributed by atoms with van der Waals surface area (Å²) in [6.45, 7) is 10.6. The first-order chi connectivity index (χ1) is 57.0. The van der Waals surface area contributed by atoms with Gasteiger partial charge in [0.1, 0.15) is 18.1 Å². The van der Waals surface area contributed by atoms with Gasteiger partial charge >= 0.3 is 23.9 Å². The minimum atomic E-state index is -1.83. The lowest BCUT2D eigenvalue weighted by Gasteiger charge is -2.35. The summed E-state index contributed by atoms with van der Waals surface area (Å²) in [6, 6.07) is 35.7. The smallest absolute Gasteiger partial charge is 0.355 e. The van der Waals surface area contributed by atoms with Crippen LogP contribution in [0.15, 0.2) is 141 Å². The van der Waals surface area contributed by atoms with Gasteiger partial charge in [-0.15, -0.1) is 5.10 Å². The molecule has 7 N–H and O–H groups in total. The van der Waals surface area contributed by atoms with Crippen molar-refractivity contribution in [1.82, 2.24) is 66.1 Å². The molecule has 31 nitrogen and oxygen atoms in total. The summed E-state index contributed by atoms with van der Waals surface area (Å²) < 4.78 is 43.5. The highest BCUT2D eigenvalue weighted by atomic mass is 33.1. The number of pyridine rings is 2. The number of carbonyl (C=O) groups is 7. The number of fused-ring (bicyclic) bond motifs is 6. The fourth-order valence-electron chi connectivity index (χ4n) is 13.2. The highest BCUT2D eigenvalue weighted by Crippen LogP contribution is 2.44. The second-order valence-electron chi connectivity index (χ2n) is 28.0. The molecule has 0 saturated carbocycles. The van der Waals surface area contributed by atoms with E-state index >= 15 is 0 Å². The maximum Gasteiger partial charge on any atom is 0.355 e. The van der Waals surface area contributed by atoms with Crippen LogP contribution in [0.2, 0.25) is 0 Å². The molecule has 36 heteroatoms. The number of thioether (sulfide) groups is 1. The van der Waals surface area contributed by atoms with Crippen LogP contribution in [0.1, 0.15) is 106 Å². The summed E-state index contributed by atoms with van der Waals surface area (Å²) in [4.78, 5) is 129. The Kier molecular flexibility index (Phi) is 32.8. The number of amides is 5. The average molecular weight is 1690 g/mol. The minimum absolute atomic E-state index is 0.0408. The topological polar surface area (TPSA) is 385 Å². The van der Waals surface area contributed by atoms with Crippen LogP contribution >= 0.6 is 54.9 Å². The second kappa shape index (κ2) is 44.2. The molecular formula is C81H96N16O15S5. The number of nitrogens with zero attached hydrogens (tertiary/aromatic N) is 9. The molecule has 117 heavy (non-hydrogen) atoms. The standard InChI is InChI=1S/C81H96N16O15S5/c1-4-81(61-46-64-73-57(43-54-15-8-11-20-62(54)88-73)48-97(64)75(103)60(61)50-110-76(81)104)112-72(102)45-56-17-10-13-22-66(56)117-115-53(3)24-27-69(99)84-32-36-107-39-41-109-42-40-108-38-34-96-49-58(94-95-96)47-87-79-92-77(91-78(93-79)86-33-37-106-35-14-29-82-70(100)28-25-67-74-63(51-113-67)89-80(105)90-74)85-31-30-83-68(98)26-23-52(2)114-116-65-21-12-9-16-55(65)44-71(101)111-59-18-6-5-7-19-59/h5-13,15-22,33,43,46,49,52-53,63,67,74H,4,14,23-32,34-42,44-45,47-48,50-51H2,1-3H3,(H,82,100)(H,83,98)(H,84,99)(H2,89,90,105)(H2,85,87,91,92,93)/b86-33-/t52?,53?,63-,67-,74-,81-/m0/s1. The van der Waals surface area contributed by atoms with E-state index in [4.69, 9.17) is 38.1 Å². The maximum atomic E-state index is 14.1. The fourth-order valence-corrected chi connectivity index (χ4v) is 19.6. The molecule has 620 valence electrons. The minimum Gasteiger partial charge on any atom is -0.457 e. The molecule has 8 heterocycles. The van der Waals surface area contributed by atoms with Crippen LogP contribution in [0.4, 0.5) is 22.6 Å². The number of aliphatic imine (C=N–C) groups is 1. The summed E-state index contributed by atoms with van der Waals surface area (Å²) in [5, 5.41) is 31.0. The number of nitrogens with one attached hydrogen (secondary N) is 7. The van der Waals surface area contributed by atoms with Gasteiger partial charge in [0.15, 0.2) is 0 Å². The molecule has 4 aromatic carbocycles. The third kappa shape index (κ3) is 25.4. The van der Waals surface area contributed by atoms with E-state index in [1.54, 1.807) is 90.9 Å². The molecule has 0 aliphatic carbocycles. The van der Waals surface area contributed by atoms with Crippen molar-refractivity contribution < 1.29 is 66.7 Å². The van der Waals surface area contributed by atoms with Crippen LogP contribution in [0.25, 0.3) is 22.3 Å². The maximum absolute atomic E-state index is 14.1. The molecular weight excluding hydrogens is 1600 g/mol. The third-order valence-electron chi connectivity index (χ3n) is 19.3. The van der Waals surface area contributed by atoms with Gasteiger partial charge in [-0.2, -0.15) is 26.7 Å². The van der Waals surface area contributed by atoms with Crippen molar-refractivity contribution >= 4 is 132 Å². The van der Waals surface area contributed by atoms with Crippen LogP contribution in [-0.2, 0) is 102 Å². The van der Waals surface area contributed by atoms with Crippen molar-refractivity contribution in [3.8, 4) is 17.1 Å². The lowest BCUT2D eigenvalue weighted by Crippen LogP contribution is -2.47. The van der Waals surface area contributed by atoms with Crippen molar-refractivity contribution in [2.24, 2.45) is 4.99 Å². The molecule has 5 amide bonds. The largest absolute Gasteiger partial charge is 0.457 e. The van der Waals surface area contributed by atoms with E-state index < -0.39 is 17.5 Å². The quantitative estimate of drug-likeness (QED) is 0.00466. The normalized spacial score (nSPS) is 16.9. The Labute approximate surface area is 697 Å². The summed E-state index contributed by atoms with van der Waals surface area (Å²) in [6.07, 6.45) is 6.91. The average Bonchev–Trinajstić information content (AvgIpc) is 1.70. The highest BCUT2D eigenvalue weighted by Gasteiger charge is 2.51. The summed E-state index contributed by atoms with van der Waals surface area (Å²) in [5.74, 6) is -0.0623. The van der Waals surface area contributed by atoms with Gasteiger partial charge in [0, 0.05) is 106 Å². The van der Waals surface area contributed by atoms with E-state index in [1.165, 1.54) is 10.8 Å². The highest BCUT2D eigenvalue weighted by molar-refractivity contribution is 8.77. The van der Waals surface area contributed by atoms with Crippen LogP contribution in [0.3, 0.4) is 0 Å². The zero-order chi connectivity index (χ0) is 81.7. The number of hydrogen-bond donors (Lipinski definition) is 7. The van der Waals surface area contributed by atoms with Gasteiger partial charge in [-0.05, 0) is 85.7 Å². The SMILES string of the molecule is CC[C@@]1(OC(=O)Cc2ccccc2SSC(C)CCC(=O)NCCOCCOCCOCCn2cc(CNc3nc(/N=C\COCCCNC(=O)CC[C@@H]4SC[C@@H]5NC(=O)N[C@@H]54)nc(NCCNC(=O)CCC(C)SSc4ccccc4CC(=O)Oc4ccccc4)n3)nn2)C(=O)OCc2c1cc1n(c2=O)Cc2cc3ccccc3nc2-1. The Balaban J connectivity index is 0.507. The van der Waals surface area contributed by atoms with Gasteiger partial charge in [0.2, 0.25) is 35.2 Å². The molecule has 8 aromatic rings. The number of ether oxygens (including phenoxy) is 7. The van der Waals surface area contributed by atoms with Crippen molar-refractivity contribution in [3.63, 3.8) is 0 Å². The molecule has 2 fully saturated rings. The zero-order valence-corrected chi connectivity index (χ0v) is 69.4. The fraction of sp³-hybridized carbons (Fsp3) is 0.444. The number of anilines is 2. The Bertz CT molecular complexity index is 4840. The molecule has 4 aliphatic heterocycles. The van der Waals surface area contributed by atoms with Crippen molar-refractivity contribution in [2.45, 2.75) is 154 Å². The Hall–Kier alpha value is -9.66. The monoisotopic (exact) mass is 1690 g/mol. The first kappa shape index (κ1) is 86.7. The van der Waals surface area contributed by atoms with Gasteiger partial charge in [-0.3, -0.25) is 28.8 Å². The molecule has 0 radical (unpaired) electrons. The van der Waals surface area contributed by atoms with Crippen LogP contribution in [0, 0.1) is 0 Å². The van der Waals surface area contributed by atoms with E-state index in [9.17, 15) is 38.4 Å². The number of cyclic esters (lactones) is 1. The Morgan fingerprint density at radius 1 is 0.701 bits per heavy atom. The molecule has 2 unspecified atom stereocenters. The Morgan fingerprint density at radius 2 is 1.36 bits per heavy atom. The number of urea groups is 1.